The van der Waals surface area contributed by atoms with E-state index in [0.29, 0.717) is 19.3 Å². The molecular formula is C37H68NO7+. The van der Waals surface area contributed by atoms with Gasteiger partial charge < -0.3 is 23.8 Å². The number of carboxylic acids is 1. The van der Waals surface area contributed by atoms with Crippen LogP contribution < -0.4 is 0 Å². The average molecular weight is 639 g/mol. The van der Waals surface area contributed by atoms with Crippen LogP contribution in [0.15, 0.2) is 24.3 Å². The van der Waals surface area contributed by atoms with Gasteiger partial charge in [-0.25, -0.2) is 4.79 Å². The van der Waals surface area contributed by atoms with Gasteiger partial charge in [-0.3, -0.25) is 9.59 Å². The van der Waals surface area contributed by atoms with Crippen molar-refractivity contribution >= 4 is 17.9 Å². The molecule has 0 rings (SSSR count). The van der Waals surface area contributed by atoms with Crippen LogP contribution in [-0.4, -0.2) is 80.6 Å². The molecule has 262 valence electrons. The first-order valence-electron chi connectivity index (χ1n) is 17.9. The van der Waals surface area contributed by atoms with E-state index < -0.39 is 18.1 Å². The Bertz CT molecular complexity index is 803. The number of ether oxygens (including phenoxy) is 3. The van der Waals surface area contributed by atoms with Crippen molar-refractivity contribution < 1.29 is 38.2 Å². The molecule has 0 saturated heterocycles. The lowest BCUT2D eigenvalue weighted by Gasteiger charge is -2.31. The summed E-state index contributed by atoms with van der Waals surface area (Å²) < 4.78 is 17.1. The van der Waals surface area contributed by atoms with Crippen LogP contribution in [0.1, 0.15) is 142 Å². The van der Waals surface area contributed by atoms with E-state index in [2.05, 4.69) is 38.2 Å². The molecule has 8 nitrogen and oxygen atoms in total. The number of aliphatic carboxylic acids is 1. The summed E-state index contributed by atoms with van der Waals surface area (Å²) in [5.74, 6) is -1.50. The molecule has 0 aliphatic carbocycles. The lowest BCUT2D eigenvalue weighted by molar-refractivity contribution is -0.887. The number of hydrogen-bond acceptors (Lipinski definition) is 6. The second kappa shape index (κ2) is 29.2. The van der Waals surface area contributed by atoms with E-state index in [0.717, 1.165) is 70.6 Å². The molecule has 0 aromatic heterocycles. The normalized spacial score (nSPS) is 13.4. The Labute approximate surface area is 275 Å². The van der Waals surface area contributed by atoms with Gasteiger partial charge in [0.2, 0.25) is 0 Å². The molecule has 0 aliphatic heterocycles. The van der Waals surface area contributed by atoms with Crippen LogP contribution in [0.25, 0.3) is 0 Å². The third kappa shape index (κ3) is 27.8. The number of rotatable bonds is 31. The first kappa shape index (κ1) is 42.8. The van der Waals surface area contributed by atoms with Crippen molar-refractivity contribution in [2.75, 3.05) is 41.0 Å². The molecule has 2 unspecified atom stereocenters. The summed E-state index contributed by atoms with van der Waals surface area (Å²) >= 11 is 0. The first-order chi connectivity index (χ1) is 21.6. The Hall–Kier alpha value is -2.19. The van der Waals surface area contributed by atoms with Crippen molar-refractivity contribution in [1.29, 1.82) is 0 Å². The van der Waals surface area contributed by atoms with Crippen molar-refractivity contribution in [3.63, 3.8) is 0 Å². The molecule has 0 spiro atoms. The third-order valence-electron chi connectivity index (χ3n) is 7.82. The minimum atomic E-state index is -0.880. The highest BCUT2D eigenvalue weighted by atomic mass is 16.6. The summed E-state index contributed by atoms with van der Waals surface area (Å²) in [5, 5.41) is 9.55. The highest BCUT2D eigenvalue weighted by Crippen LogP contribution is 2.12. The van der Waals surface area contributed by atoms with E-state index in [-0.39, 0.29) is 36.2 Å². The highest BCUT2D eigenvalue weighted by Gasteiger charge is 2.31. The Kier molecular flexibility index (Phi) is 27.8. The molecule has 0 radical (unpaired) electrons. The Morgan fingerprint density at radius 1 is 0.644 bits per heavy atom. The van der Waals surface area contributed by atoms with E-state index in [1.54, 1.807) is 0 Å². The lowest BCUT2D eigenvalue weighted by Crippen LogP contribution is -2.50. The standard InChI is InChI=1S/C37H67NO7/c1-6-8-10-12-14-16-18-20-22-24-26-28-36(40)45-33(31-43-30-29-34(37(41)42)38(3,4)5)32-44-35(39)27-25-23-21-19-17-15-13-11-9-7-2/h12-15,33-34H,6-11,16-32H2,1-5H3/p+1/b14-12+,15-13+. The maximum Gasteiger partial charge on any atom is 0.362 e. The summed E-state index contributed by atoms with van der Waals surface area (Å²) in [5.41, 5.74) is 0. The average Bonchev–Trinajstić information content (AvgIpc) is 2.98. The fourth-order valence-electron chi connectivity index (χ4n) is 4.93. The predicted octanol–water partition coefficient (Wildman–Crippen LogP) is 8.57. The predicted molar refractivity (Wildman–Crippen MR) is 183 cm³/mol. The van der Waals surface area contributed by atoms with Crippen LogP contribution >= 0.6 is 0 Å². The zero-order chi connectivity index (χ0) is 33.6. The fourth-order valence-corrected chi connectivity index (χ4v) is 4.93. The molecule has 45 heavy (non-hydrogen) atoms. The Morgan fingerprint density at radius 2 is 1.11 bits per heavy atom. The third-order valence-corrected chi connectivity index (χ3v) is 7.82. The number of carbonyl (C=O) groups excluding carboxylic acids is 2. The van der Waals surface area contributed by atoms with Crippen LogP contribution in [0.5, 0.6) is 0 Å². The van der Waals surface area contributed by atoms with Gasteiger partial charge in [-0.05, 0) is 51.4 Å². The molecule has 0 fully saturated rings. The number of allylic oxidation sites excluding steroid dienone is 4. The Balaban J connectivity index is 4.50. The Morgan fingerprint density at radius 3 is 1.60 bits per heavy atom. The zero-order valence-corrected chi connectivity index (χ0v) is 29.6. The van der Waals surface area contributed by atoms with Gasteiger partial charge in [0, 0.05) is 19.3 Å². The van der Waals surface area contributed by atoms with E-state index in [1.165, 1.54) is 38.5 Å². The molecule has 2 atom stereocenters. The molecule has 0 aromatic rings. The quantitative estimate of drug-likeness (QED) is 0.0351. The largest absolute Gasteiger partial charge is 0.477 e. The van der Waals surface area contributed by atoms with Crippen molar-refractivity contribution in [3.05, 3.63) is 24.3 Å². The molecule has 0 bridgehead atoms. The highest BCUT2D eigenvalue weighted by molar-refractivity contribution is 5.72. The number of carboxylic acid groups (broad SMARTS) is 1. The van der Waals surface area contributed by atoms with Crippen molar-refractivity contribution in [1.82, 2.24) is 0 Å². The smallest absolute Gasteiger partial charge is 0.362 e. The van der Waals surface area contributed by atoms with E-state index >= 15 is 0 Å². The zero-order valence-electron chi connectivity index (χ0n) is 29.6. The molecule has 0 aromatic carbocycles. The van der Waals surface area contributed by atoms with Crippen LogP contribution in [0.3, 0.4) is 0 Å². The van der Waals surface area contributed by atoms with Gasteiger partial charge in [0.15, 0.2) is 12.1 Å². The summed E-state index contributed by atoms with van der Waals surface area (Å²) in [4.78, 5) is 36.6. The van der Waals surface area contributed by atoms with Crippen molar-refractivity contribution in [3.8, 4) is 0 Å². The maximum atomic E-state index is 12.6. The summed E-state index contributed by atoms with van der Waals surface area (Å²) in [6.45, 7) is 4.61. The van der Waals surface area contributed by atoms with E-state index in [1.807, 2.05) is 21.1 Å². The second-order valence-electron chi connectivity index (χ2n) is 13.1. The molecule has 0 amide bonds. The minimum Gasteiger partial charge on any atom is -0.477 e. The number of nitrogens with zero attached hydrogens (tertiary/aromatic N) is 1. The van der Waals surface area contributed by atoms with Crippen LogP contribution in [-0.2, 0) is 28.6 Å². The lowest BCUT2D eigenvalue weighted by atomic mass is 10.1. The SMILES string of the molecule is CCCC/C=C/CCCCCCCC(=O)OC(COCCC(C(=O)O)[N+](C)(C)C)COC(=O)CCCCCC/C=C/CCCC. The van der Waals surface area contributed by atoms with Crippen LogP contribution in [0, 0.1) is 0 Å². The molecule has 0 saturated carbocycles. The van der Waals surface area contributed by atoms with Gasteiger partial charge >= 0.3 is 17.9 Å². The van der Waals surface area contributed by atoms with Crippen LogP contribution in [0.2, 0.25) is 0 Å². The van der Waals surface area contributed by atoms with Crippen molar-refractivity contribution in [2.45, 2.75) is 154 Å². The summed E-state index contributed by atoms with van der Waals surface area (Å²) in [6, 6.07) is -0.613. The van der Waals surface area contributed by atoms with E-state index in [9.17, 15) is 19.5 Å². The van der Waals surface area contributed by atoms with Crippen molar-refractivity contribution in [2.24, 2.45) is 0 Å². The van der Waals surface area contributed by atoms with E-state index in [4.69, 9.17) is 14.2 Å². The maximum absolute atomic E-state index is 12.6. The monoisotopic (exact) mass is 638 g/mol. The topological polar surface area (TPSA) is 99.1 Å². The van der Waals surface area contributed by atoms with Gasteiger partial charge in [-0.1, -0.05) is 95.9 Å². The number of hydrogen-bond donors (Lipinski definition) is 1. The van der Waals surface area contributed by atoms with Crippen LogP contribution in [0.4, 0.5) is 0 Å². The fraction of sp³-hybridized carbons (Fsp3) is 0.811. The molecule has 0 aliphatic rings. The van der Waals surface area contributed by atoms with Gasteiger partial charge in [-0.2, -0.15) is 0 Å². The summed E-state index contributed by atoms with van der Waals surface area (Å²) in [7, 11) is 5.50. The number of carbonyl (C=O) groups is 3. The number of likely N-dealkylation sites (N-methyl/N-ethyl adjacent to an activating group) is 1. The molecule has 1 N–H and O–H groups in total. The van der Waals surface area contributed by atoms with Gasteiger partial charge in [-0.15, -0.1) is 0 Å². The van der Waals surface area contributed by atoms with Gasteiger partial charge in [0.05, 0.1) is 34.4 Å². The summed E-state index contributed by atoms with van der Waals surface area (Å²) in [6.07, 6.45) is 27.9. The number of esters is 2. The molecule has 0 heterocycles. The first-order valence-corrected chi connectivity index (χ1v) is 17.9. The van der Waals surface area contributed by atoms with Gasteiger partial charge in [0.1, 0.15) is 6.61 Å². The van der Waals surface area contributed by atoms with Gasteiger partial charge in [0.25, 0.3) is 0 Å². The molecular weight excluding hydrogens is 570 g/mol. The second-order valence-corrected chi connectivity index (χ2v) is 13.1. The number of unbranched alkanes of at least 4 members (excludes halogenated alkanes) is 13. The minimum absolute atomic E-state index is 0.0556. The molecule has 8 heteroatoms. The number of quaternary nitrogens is 1.